The SMILES string of the molecule is CC(C)(C)OC(=O)N1CCCC1c1cc(B(O)O)cc2c1COCC2. The Hall–Kier alpha value is -1.57. The van der Waals surface area contributed by atoms with Crippen LogP contribution in [0.25, 0.3) is 0 Å². The topological polar surface area (TPSA) is 79.2 Å². The largest absolute Gasteiger partial charge is 0.488 e. The van der Waals surface area contributed by atoms with Gasteiger partial charge in [-0.25, -0.2) is 4.79 Å². The van der Waals surface area contributed by atoms with Gasteiger partial charge in [-0.1, -0.05) is 12.1 Å². The van der Waals surface area contributed by atoms with Crippen LogP contribution in [0.5, 0.6) is 0 Å². The number of hydrogen-bond acceptors (Lipinski definition) is 5. The third kappa shape index (κ3) is 3.99. The van der Waals surface area contributed by atoms with Gasteiger partial charge < -0.3 is 24.4 Å². The molecule has 0 radical (unpaired) electrons. The summed E-state index contributed by atoms with van der Waals surface area (Å²) in [6.07, 6.45) is 2.14. The first-order chi connectivity index (χ1) is 11.8. The van der Waals surface area contributed by atoms with Crippen LogP contribution in [0.15, 0.2) is 12.1 Å². The molecule has 1 unspecified atom stereocenters. The van der Waals surface area contributed by atoms with Crippen LogP contribution in [0.3, 0.4) is 0 Å². The summed E-state index contributed by atoms with van der Waals surface area (Å²) in [4.78, 5) is 14.4. The third-order valence-electron chi connectivity index (χ3n) is 4.70. The molecule has 2 aliphatic rings. The highest BCUT2D eigenvalue weighted by molar-refractivity contribution is 6.58. The Morgan fingerprint density at radius 2 is 2.12 bits per heavy atom. The quantitative estimate of drug-likeness (QED) is 0.793. The van der Waals surface area contributed by atoms with Crippen LogP contribution < -0.4 is 5.46 Å². The molecule has 2 N–H and O–H groups in total. The van der Waals surface area contributed by atoms with Crippen molar-refractivity contribution in [3.8, 4) is 0 Å². The Morgan fingerprint density at radius 1 is 1.36 bits per heavy atom. The van der Waals surface area contributed by atoms with Crippen molar-refractivity contribution < 1.29 is 24.3 Å². The maximum absolute atomic E-state index is 12.6. The average molecular weight is 347 g/mol. The number of carbonyl (C=O) groups excluding carboxylic acids is 1. The Kier molecular flexibility index (Phi) is 5.09. The molecule has 136 valence electrons. The summed E-state index contributed by atoms with van der Waals surface area (Å²) in [6, 6.07) is 3.51. The molecule has 1 aromatic carbocycles. The first kappa shape index (κ1) is 18.2. The van der Waals surface area contributed by atoms with Gasteiger partial charge in [0.1, 0.15) is 5.60 Å². The average Bonchev–Trinajstić information content (AvgIpc) is 3.01. The molecule has 3 rings (SSSR count). The van der Waals surface area contributed by atoms with Crippen molar-refractivity contribution >= 4 is 18.7 Å². The van der Waals surface area contributed by atoms with Crippen LogP contribution in [0.4, 0.5) is 4.79 Å². The zero-order valence-electron chi connectivity index (χ0n) is 15.1. The standard InChI is InChI=1S/C18H26BNO5/c1-18(2,3)25-17(21)20-7-4-5-16(20)14-10-13(19(22)23)9-12-6-8-24-11-15(12)14/h9-10,16,22-23H,4-8,11H2,1-3H3. The highest BCUT2D eigenvalue weighted by atomic mass is 16.6. The fraction of sp³-hybridized carbons (Fsp3) is 0.611. The number of fused-ring (bicyclic) bond motifs is 1. The van der Waals surface area contributed by atoms with Crippen molar-refractivity contribution in [2.75, 3.05) is 13.2 Å². The lowest BCUT2D eigenvalue weighted by Crippen LogP contribution is -2.38. The molecular formula is C18H26BNO5. The first-order valence-electron chi connectivity index (χ1n) is 8.85. The molecule has 1 saturated heterocycles. The van der Waals surface area contributed by atoms with E-state index in [1.54, 1.807) is 11.0 Å². The van der Waals surface area contributed by atoms with Gasteiger partial charge in [-0.15, -0.1) is 0 Å². The molecule has 1 aromatic rings. The maximum Gasteiger partial charge on any atom is 0.488 e. The Morgan fingerprint density at radius 3 is 2.80 bits per heavy atom. The summed E-state index contributed by atoms with van der Waals surface area (Å²) >= 11 is 0. The van der Waals surface area contributed by atoms with Gasteiger partial charge in [-0.05, 0) is 62.2 Å². The summed E-state index contributed by atoms with van der Waals surface area (Å²) in [5.74, 6) is 0. The van der Waals surface area contributed by atoms with Crippen molar-refractivity contribution in [1.29, 1.82) is 0 Å². The number of amides is 1. The lowest BCUT2D eigenvalue weighted by atomic mass is 9.76. The van der Waals surface area contributed by atoms with E-state index in [1.807, 2.05) is 26.8 Å². The number of rotatable bonds is 2. The Labute approximate surface area is 148 Å². The Bertz CT molecular complexity index is 656. The number of carbonyl (C=O) groups is 1. The number of ether oxygens (including phenoxy) is 2. The molecule has 1 fully saturated rings. The number of benzene rings is 1. The van der Waals surface area contributed by atoms with Crippen molar-refractivity contribution in [2.45, 2.75) is 58.3 Å². The molecule has 0 saturated carbocycles. The van der Waals surface area contributed by atoms with E-state index in [9.17, 15) is 14.8 Å². The minimum atomic E-state index is -1.52. The van der Waals surface area contributed by atoms with E-state index in [0.717, 1.165) is 36.0 Å². The van der Waals surface area contributed by atoms with Crippen molar-refractivity contribution in [3.63, 3.8) is 0 Å². The highest BCUT2D eigenvalue weighted by Crippen LogP contribution is 2.36. The summed E-state index contributed by atoms with van der Waals surface area (Å²) in [7, 11) is -1.52. The van der Waals surface area contributed by atoms with Crippen molar-refractivity contribution in [1.82, 2.24) is 4.90 Å². The van der Waals surface area contributed by atoms with Gasteiger partial charge >= 0.3 is 13.2 Å². The monoisotopic (exact) mass is 347 g/mol. The van der Waals surface area contributed by atoms with E-state index < -0.39 is 12.7 Å². The fourth-order valence-electron chi connectivity index (χ4n) is 3.61. The van der Waals surface area contributed by atoms with E-state index in [-0.39, 0.29) is 12.1 Å². The molecule has 2 aliphatic heterocycles. The third-order valence-corrected chi connectivity index (χ3v) is 4.70. The number of likely N-dealkylation sites (tertiary alicyclic amines) is 1. The summed E-state index contributed by atoms with van der Waals surface area (Å²) in [5, 5.41) is 19.3. The van der Waals surface area contributed by atoms with Crippen LogP contribution in [-0.4, -0.2) is 46.9 Å². The van der Waals surface area contributed by atoms with Crippen LogP contribution in [-0.2, 0) is 22.5 Å². The smallest absolute Gasteiger partial charge is 0.444 e. The molecule has 0 aliphatic carbocycles. The minimum absolute atomic E-state index is 0.121. The van der Waals surface area contributed by atoms with Gasteiger partial charge in [0.05, 0.1) is 19.3 Å². The van der Waals surface area contributed by atoms with Gasteiger partial charge in [-0.3, -0.25) is 0 Å². The molecule has 1 atom stereocenters. The van der Waals surface area contributed by atoms with E-state index in [4.69, 9.17) is 9.47 Å². The molecule has 1 amide bonds. The van der Waals surface area contributed by atoms with Crippen LogP contribution in [0.1, 0.15) is 56.3 Å². The lowest BCUT2D eigenvalue weighted by Gasteiger charge is -2.31. The molecule has 0 bridgehead atoms. The van der Waals surface area contributed by atoms with E-state index in [2.05, 4.69) is 0 Å². The fourth-order valence-corrected chi connectivity index (χ4v) is 3.61. The number of nitrogens with zero attached hydrogens (tertiary/aromatic N) is 1. The second-order valence-corrected chi connectivity index (χ2v) is 7.76. The van der Waals surface area contributed by atoms with Gasteiger partial charge in [0.2, 0.25) is 0 Å². The Balaban J connectivity index is 1.96. The van der Waals surface area contributed by atoms with Gasteiger partial charge in [0, 0.05) is 6.54 Å². The predicted octanol–water partition coefficient (Wildman–Crippen LogP) is 1.51. The van der Waals surface area contributed by atoms with Crippen LogP contribution in [0, 0.1) is 0 Å². The van der Waals surface area contributed by atoms with Crippen molar-refractivity contribution in [3.05, 3.63) is 28.8 Å². The van der Waals surface area contributed by atoms with Crippen molar-refractivity contribution in [2.24, 2.45) is 0 Å². The molecular weight excluding hydrogens is 321 g/mol. The van der Waals surface area contributed by atoms with Gasteiger partial charge in [0.15, 0.2) is 0 Å². The summed E-state index contributed by atoms with van der Waals surface area (Å²) < 4.78 is 11.2. The number of hydrogen-bond donors (Lipinski definition) is 2. The molecule has 25 heavy (non-hydrogen) atoms. The summed E-state index contributed by atoms with van der Waals surface area (Å²) in [5.41, 5.74) is 3.00. The summed E-state index contributed by atoms with van der Waals surface area (Å²) in [6.45, 7) is 7.32. The molecule has 0 aromatic heterocycles. The maximum atomic E-state index is 12.6. The van der Waals surface area contributed by atoms with E-state index >= 15 is 0 Å². The minimum Gasteiger partial charge on any atom is -0.444 e. The van der Waals surface area contributed by atoms with Crippen LogP contribution in [0.2, 0.25) is 0 Å². The molecule has 0 spiro atoms. The normalized spacial score (nSPS) is 20.4. The van der Waals surface area contributed by atoms with E-state index in [0.29, 0.717) is 25.2 Å². The molecule has 6 nitrogen and oxygen atoms in total. The highest BCUT2D eigenvalue weighted by Gasteiger charge is 2.35. The van der Waals surface area contributed by atoms with Crippen LogP contribution >= 0.6 is 0 Å². The molecule has 2 heterocycles. The van der Waals surface area contributed by atoms with Gasteiger partial charge in [0.25, 0.3) is 0 Å². The second-order valence-electron chi connectivity index (χ2n) is 7.76. The van der Waals surface area contributed by atoms with E-state index in [1.165, 1.54) is 0 Å². The second kappa shape index (κ2) is 6.98. The zero-order valence-corrected chi connectivity index (χ0v) is 15.1. The lowest BCUT2D eigenvalue weighted by molar-refractivity contribution is 0.0221. The zero-order chi connectivity index (χ0) is 18.2. The molecule has 7 heteroatoms. The predicted molar refractivity (Wildman–Crippen MR) is 94.5 cm³/mol. The first-order valence-corrected chi connectivity index (χ1v) is 8.85. The van der Waals surface area contributed by atoms with Gasteiger partial charge in [-0.2, -0.15) is 0 Å².